The summed E-state index contributed by atoms with van der Waals surface area (Å²) in [7, 11) is 0. The van der Waals surface area contributed by atoms with E-state index in [1.807, 2.05) is 4.90 Å². The maximum absolute atomic E-state index is 2.53. The van der Waals surface area contributed by atoms with E-state index in [2.05, 4.69) is 52.0 Å². The molecule has 1 aliphatic heterocycles. The topological polar surface area (TPSA) is 4.44 Å². The average Bonchev–Trinajstić information content (AvgIpc) is 2.59. The number of likely N-dealkylation sites (tertiary alicyclic amines) is 1. The van der Waals surface area contributed by atoms with Crippen molar-refractivity contribution in [3.63, 3.8) is 0 Å². The van der Waals surface area contributed by atoms with Crippen LogP contribution in [0.2, 0.25) is 0 Å². The minimum Gasteiger partial charge on any atom is -0.328 e. The van der Waals surface area contributed by atoms with E-state index >= 15 is 0 Å². The summed E-state index contributed by atoms with van der Waals surface area (Å²) in [6.07, 6.45) is 5.69. The Hall–Kier alpha value is -0.820. The van der Waals surface area contributed by atoms with Crippen LogP contribution in [0, 0.1) is 17.8 Å². The molecule has 1 saturated carbocycles. The molecule has 2 bridgehead atoms. The highest BCUT2D eigenvalue weighted by atomic mass is 15.2. The molecule has 1 saturated heterocycles. The zero-order valence-electron chi connectivity index (χ0n) is 13.6. The lowest BCUT2D eigenvalue weighted by molar-refractivity contribution is -0.930. The summed E-state index contributed by atoms with van der Waals surface area (Å²) in [4.78, 5) is 1.84. The van der Waals surface area contributed by atoms with Crippen LogP contribution in [0.15, 0.2) is 24.3 Å². The van der Waals surface area contributed by atoms with Crippen LogP contribution in [-0.4, -0.2) is 12.6 Å². The number of hydrogen-bond donors (Lipinski definition) is 1. The van der Waals surface area contributed by atoms with Crippen molar-refractivity contribution in [2.75, 3.05) is 6.54 Å². The van der Waals surface area contributed by atoms with Gasteiger partial charge in [0.15, 0.2) is 0 Å². The van der Waals surface area contributed by atoms with E-state index in [1.165, 1.54) is 49.9 Å². The van der Waals surface area contributed by atoms with E-state index in [0.29, 0.717) is 10.8 Å². The first-order chi connectivity index (χ1) is 9.35. The highest BCUT2D eigenvalue weighted by Crippen LogP contribution is 2.43. The number of aryl methyl sites for hydroxylation is 1. The Balaban J connectivity index is 1.76. The van der Waals surface area contributed by atoms with Gasteiger partial charge in [0.25, 0.3) is 0 Å². The zero-order chi connectivity index (χ0) is 14.4. The van der Waals surface area contributed by atoms with Crippen LogP contribution in [0.4, 0.5) is 0 Å². The van der Waals surface area contributed by atoms with Crippen molar-refractivity contribution in [1.29, 1.82) is 0 Å². The lowest BCUT2D eigenvalue weighted by atomic mass is 9.79. The SMILES string of the molecule is Cc1ccc(C[NH+]2C[C@@]3(C)CCC(C)(C)C[C@@H]2C3)cc1. The highest BCUT2D eigenvalue weighted by molar-refractivity contribution is 5.20. The summed E-state index contributed by atoms with van der Waals surface area (Å²) in [5.74, 6) is 0. The van der Waals surface area contributed by atoms with Gasteiger partial charge in [-0.1, -0.05) is 50.6 Å². The number of hydrogen-bond acceptors (Lipinski definition) is 0. The van der Waals surface area contributed by atoms with Gasteiger partial charge in [0, 0.05) is 23.8 Å². The third-order valence-corrected chi connectivity index (χ3v) is 5.73. The molecule has 1 heteroatoms. The minimum atomic E-state index is 0.543. The summed E-state index contributed by atoms with van der Waals surface area (Å²) in [5, 5.41) is 0. The van der Waals surface area contributed by atoms with Crippen molar-refractivity contribution in [2.24, 2.45) is 10.8 Å². The first kappa shape index (κ1) is 14.1. The molecule has 3 rings (SSSR count). The van der Waals surface area contributed by atoms with Gasteiger partial charge in [0.2, 0.25) is 0 Å². The molecule has 0 spiro atoms. The molecule has 3 atom stereocenters. The molecule has 1 N–H and O–H groups in total. The number of quaternary nitrogens is 1. The van der Waals surface area contributed by atoms with E-state index in [1.54, 1.807) is 0 Å². The summed E-state index contributed by atoms with van der Waals surface area (Å²) in [5.41, 5.74) is 4.02. The van der Waals surface area contributed by atoms with Crippen molar-refractivity contribution in [1.82, 2.24) is 0 Å². The van der Waals surface area contributed by atoms with E-state index in [0.717, 1.165) is 6.04 Å². The van der Waals surface area contributed by atoms with Gasteiger partial charge in [0.05, 0.1) is 12.6 Å². The van der Waals surface area contributed by atoms with Gasteiger partial charge in [-0.25, -0.2) is 0 Å². The Bertz CT molecular complexity index is 473. The van der Waals surface area contributed by atoms with Gasteiger partial charge in [-0.05, 0) is 25.2 Å². The standard InChI is InChI=1S/C19H29N/c1-15-5-7-16(8-6-15)13-20-14-19(4)10-9-18(2,3)11-17(20)12-19/h5-8,17H,9-14H2,1-4H3/p+1/t17-,19+/m1/s1. The van der Waals surface area contributed by atoms with Gasteiger partial charge in [0.1, 0.15) is 6.54 Å². The molecular formula is C19H30N+. The van der Waals surface area contributed by atoms with Crippen LogP contribution in [0.3, 0.4) is 0 Å². The Morgan fingerprint density at radius 1 is 1.05 bits per heavy atom. The smallest absolute Gasteiger partial charge is 0.103 e. The molecule has 0 aromatic heterocycles. The quantitative estimate of drug-likeness (QED) is 0.842. The van der Waals surface area contributed by atoms with Crippen LogP contribution in [-0.2, 0) is 6.54 Å². The molecule has 20 heavy (non-hydrogen) atoms. The average molecular weight is 272 g/mol. The Kier molecular flexibility index (Phi) is 3.44. The van der Waals surface area contributed by atoms with Crippen LogP contribution >= 0.6 is 0 Å². The predicted molar refractivity (Wildman–Crippen MR) is 84.9 cm³/mol. The van der Waals surface area contributed by atoms with Crippen molar-refractivity contribution >= 4 is 0 Å². The molecule has 1 aromatic carbocycles. The van der Waals surface area contributed by atoms with E-state index in [9.17, 15) is 0 Å². The fourth-order valence-electron chi connectivity index (χ4n) is 4.50. The van der Waals surface area contributed by atoms with Gasteiger partial charge in [-0.15, -0.1) is 0 Å². The Morgan fingerprint density at radius 2 is 1.75 bits per heavy atom. The summed E-state index contributed by atoms with van der Waals surface area (Å²) < 4.78 is 0. The predicted octanol–water partition coefficient (Wildman–Crippen LogP) is 3.37. The third-order valence-electron chi connectivity index (χ3n) is 5.73. The minimum absolute atomic E-state index is 0.543. The summed E-state index contributed by atoms with van der Waals surface area (Å²) >= 11 is 0. The number of nitrogens with one attached hydrogen (secondary N) is 1. The maximum atomic E-state index is 2.53. The second kappa shape index (κ2) is 4.87. The van der Waals surface area contributed by atoms with Gasteiger partial charge >= 0.3 is 0 Å². The third kappa shape index (κ3) is 2.93. The monoisotopic (exact) mass is 272 g/mol. The lowest BCUT2D eigenvalue weighted by Crippen LogP contribution is -3.13. The number of benzene rings is 1. The van der Waals surface area contributed by atoms with Crippen LogP contribution in [0.5, 0.6) is 0 Å². The van der Waals surface area contributed by atoms with E-state index in [4.69, 9.17) is 0 Å². The van der Waals surface area contributed by atoms with Crippen molar-refractivity contribution < 1.29 is 4.90 Å². The van der Waals surface area contributed by atoms with Crippen LogP contribution in [0.25, 0.3) is 0 Å². The molecule has 1 aliphatic carbocycles. The molecular weight excluding hydrogens is 242 g/mol. The molecule has 0 amide bonds. The summed E-state index contributed by atoms with van der Waals surface area (Å²) in [6.45, 7) is 12.2. The highest BCUT2D eigenvalue weighted by Gasteiger charge is 2.48. The largest absolute Gasteiger partial charge is 0.328 e. The fraction of sp³-hybridized carbons (Fsp3) is 0.684. The lowest BCUT2D eigenvalue weighted by Gasteiger charge is -2.33. The van der Waals surface area contributed by atoms with E-state index < -0.39 is 0 Å². The molecule has 1 aromatic rings. The van der Waals surface area contributed by atoms with Crippen molar-refractivity contribution in [2.45, 2.75) is 66.0 Å². The van der Waals surface area contributed by atoms with Crippen LogP contribution in [0.1, 0.15) is 57.6 Å². The molecule has 2 fully saturated rings. The van der Waals surface area contributed by atoms with Crippen molar-refractivity contribution in [3.8, 4) is 0 Å². The maximum Gasteiger partial charge on any atom is 0.103 e. The molecule has 1 unspecified atom stereocenters. The fourth-order valence-corrected chi connectivity index (χ4v) is 4.50. The Labute approximate surface area is 124 Å². The van der Waals surface area contributed by atoms with Crippen LogP contribution < -0.4 is 4.90 Å². The number of fused-ring (bicyclic) bond motifs is 2. The van der Waals surface area contributed by atoms with Gasteiger partial charge in [-0.2, -0.15) is 0 Å². The number of rotatable bonds is 2. The van der Waals surface area contributed by atoms with Gasteiger partial charge < -0.3 is 4.90 Å². The Morgan fingerprint density at radius 3 is 2.45 bits per heavy atom. The van der Waals surface area contributed by atoms with Crippen molar-refractivity contribution in [3.05, 3.63) is 35.4 Å². The van der Waals surface area contributed by atoms with E-state index in [-0.39, 0.29) is 0 Å². The molecule has 110 valence electrons. The molecule has 2 aliphatic rings. The first-order valence-corrected chi connectivity index (χ1v) is 8.25. The zero-order valence-corrected chi connectivity index (χ0v) is 13.6. The summed E-state index contributed by atoms with van der Waals surface area (Å²) in [6, 6.07) is 10.0. The normalized spacial score (nSPS) is 35.8. The first-order valence-electron chi connectivity index (χ1n) is 8.25. The molecule has 0 radical (unpaired) electrons. The second-order valence-corrected chi connectivity index (χ2v) is 8.58. The van der Waals surface area contributed by atoms with Gasteiger partial charge in [-0.3, -0.25) is 0 Å². The molecule has 1 nitrogen and oxygen atoms in total. The molecule has 1 heterocycles. The second-order valence-electron chi connectivity index (χ2n) is 8.58.